The molecule has 3 atom stereocenters. The highest BCUT2D eigenvalue weighted by Gasteiger charge is 2.46. The molecule has 3 fully saturated rings. The van der Waals surface area contributed by atoms with E-state index in [-0.39, 0.29) is 11.8 Å². The van der Waals surface area contributed by atoms with Gasteiger partial charge in [0.1, 0.15) is 0 Å². The third-order valence-corrected chi connectivity index (χ3v) is 6.61. The Morgan fingerprint density at radius 1 is 1.23 bits per heavy atom. The third-order valence-electron chi connectivity index (χ3n) is 6.61. The van der Waals surface area contributed by atoms with Crippen molar-refractivity contribution in [1.29, 1.82) is 0 Å². The number of hydrogen-bond acceptors (Lipinski definition) is 8. The van der Waals surface area contributed by atoms with E-state index in [9.17, 15) is 9.59 Å². The first-order valence-corrected chi connectivity index (χ1v) is 11.0. The summed E-state index contributed by atoms with van der Waals surface area (Å²) in [5.74, 6) is 1.78. The van der Waals surface area contributed by atoms with Gasteiger partial charge in [0.05, 0.1) is 12.2 Å². The molecule has 31 heavy (non-hydrogen) atoms. The zero-order valence-corrected chi connectivity index (χ0v) is 17.9. The summed E-state index contributed by atoms with van der Waals surface area (Å²) in [5.41, 5.74) is 0.612. The van der Waals surface area contributed by atoms with Crippen molar-refractivity contribution in [2.45, 2.75) is 39.3 Å². The van der Waals surface area contributed by atoms with E-state index in [0.29, 0.717) is 74.3 Å². The predicted molar refractivity (Wildman–Crippen MR) is 108 cm³/mol. The van der Waals surface area contributed by atoms with E-state index in [4.69, 9.17) is 4.42 Å². The van der Waals surface area contributed by atoms with Gasteiger partial charge in [0.25, 0.3) is 5.91 Å². The number of nitrogens with zero attached hydrogens (tertiary/aromatic N) is 7. The van der Waals surface area contributed by atoms with Gasteiger partial charge in [-0.25, -0.2) is 4.98 Å². The van der Waals surface area contributed by atoms with E-state index >= 15 is 0 Å². The van der Waals surface area contributed by atoms with Gasteiger partial charge in [-0.15, -0.1) is 10.2 Å². The van der Waals surface area contributed by atoms with E-state index in [0.717, 1.165) is 0 Å². The Morgan fingerprint density at radius 3 is 2.55 bits per heavy atom. The van der Waals surface area contributed by atoms with Crippen LogP contribution < -0.4 is 5.32 Å². The molecule has 3 unspecified atom stereocenters. The molecule has 11 nitrogen and oxygen atoms in total. The Bertz CT molecular complexity index is 953. The fourth-order valence-electron chi connectivity index (χ4n) is 4.67. The molecule has 1 aliphatic carbocycles. The van der Waals surface area contributed by atoms with Gasteiger partial charge in [-0.3, -0.25) is 14.5 Å². The number of aryl methyl sites for hydroxylation is 2. The number of carbonyl (C=O) groups is 2. The summed E-state index contributed by atoms with van der Waals surface area (Å²) in [6, 6.07) is -0.551. The second-order valence-electron chi connectivity index (χ2n) is 8.88. The highest BCUT2D eigenvalue weighted by Crippen LogP contribution is 2.36. The lowest BCUT2D eigenvalue weighted by Crippen LogP contribution is -2.42. The number of hydrogen-bond donors (Lipinski definition) is 1. The molecule has 0 bridgehead atoms. The van der Waals surface area contributed by atoms with Crippen LogP contribution >= 0.6 is 0 Å². The molecule has 11 heteroatoms. The molecule has 2 amide bonds. The van der Waals surface area contributed by atoms with Crippen LogP contribution in [0.5, 0.6) is 0 Å². The molecule has 166 valence electrons. The quantitative estimate of drug-likeness (QED) is 0.666. The average molecular weight is 428 g/mol. The lowest BCUT2D eigenvalue weighted by molar-refractivity contribution is -0.126. The smallest absolute Gasteiger partial charge is 0.291 e. The second kappa shape index (κ2) is 8.03. The van der Waals surface area contributed by atoms with Crippen molar-refractivity contribution in [3.8, 4) is 0 Å². The van der Waals surface area contributed by atoms with E-state index in [1.54, 1.807) is 6.92 Å². The topological polar surface area (TPSA) is 122 Å². The van der Waals surface area contributed by atoms with Crippen LogP contribution in [0.1, 0.15) is 47.9 Å². The second-order valence-corrected chi connectivity index (χ2v) is 8.88. The molecule has 2 aliphatic heterocycles. The van der Waals surface area contributed by atoms with Crippen molar-refractivity contribution in [1.82, 2.24) is 40.3 Å². The fraction of sp³-hybridized carbons (Fsp3) is 0.700. The summed E-state index contributed by atoms with van der Waals surface area (Å²) in [6.45, 7) is 7.74. The number of fused-ring (bicyclic) bond motifs is 1. The molecule has 0 spiro atoms. The summed E-state index contributed by atoms with van der Waals surface area (Å²) < 4.78 is 5.28. The molecular weight excluding hydrogens is 400 g/mol. The highest BCUT2D eigenvalue weighted by molar-refractivity contribution is 5.92. The monoisotopic (exact) mass is 428 g/mol. The number of rotatable bonds is 7. The minimum absolute atomic E-state index is 0.0623. The first-order valence-electron chi connectivity index (χ1n) is 11.0. The number of aromatic nitrogens is 5. The Labute approximate surface area is 180 Å². The standard InChI is InChI=1S/C20H28N8O3/c1-3-28-24-18(23-25-28)16(19(29)21-6-13-4-5-13)26-7-14-9-27(10-15(14)8-26)20(30)17-12(2)22-11-31-17/h11,13-16H,3-10H2,1-2H3,(H,21,29). The van der Waals surface area contributed by atoms with Crippen molar-refractivity contribution in [3.63, 3.8) is 0 Å². The van der Waals surface area contributed by atoms with Crippen LogP contribution in [0.25, 0.3) is 0 Å². The Morgan fingerprint density at radius 2 is 1.97 bits per heavy atom. The van der Waals surface area contributed by atoms with Crippen molar-refractivity contribution in [2.75, 3.05) is 32.7 Å². The van der Waals surface area contributed by atoms with Gasteiger partial charge < -0.3 is 14.6 Å². The fourth-order valence-corrected chi connectivity index (χ4v) is 4.67. The normalized spacial score (nSPS) is 24.4. The largest absolute Gasteiger partial charge is 0.438 e. The van der Waals surface area contributed by atoms with Gasteiger partial charge in [-0.05, 0) is 49.7 Å². The number of carbonyl (C=O) groups excluding carboxylic acids is 2. The Balaban J connectivity index is 1.28. The maximum atomic E-state index is 13.1. The van der Waals surface area contributed by atoms with Crippen molar-refractivity contribution >= 4 is 11.8 Å². The first-order chi connectivity index (χ1) is 15.0. The molecule has 2 saturated heterocycles. The third kappa shape index (κ3) is 3.93. The van der Waals surface area contributed by atoms with Crippen molar-refractivity contribution < 1.29 is 14.0 Å². The minimum Gasteiger partial charge on any atom is -0.438 e. The van der Waals surface area contributed by atoms with Gasteiger partial charge >= 0.3 is 0 Å². The van der Waals surface area contributed by atoms with Crippen LogP contribution in [0.2, 0.25) is 0 Å². The SMILES string of the molecule is CCn1nnc(C(C(=O)NCC2CC2)N2CC3CN(C(=O)c4ocnc4C)CC3C2)n1. The lowest BCUT2D eigenvalue weighted by Gasteiger charge is -2.26. The van der Waals surface area contributed by atoms with E-state index in [1.165, 1.54) is 24.0 Å². The minimum atomic E-state index is -0.551. The zero-order chi connectivity index (χ0) is 21.5. The molecule has 1 saturated carbocycles. The van der Waals surface area contributed by atoms with Crippen LogP contribution in [-0.4, -0.2) is 79.5 Å². The maximum absolute atomic E-state index is 13.1. The van der Waals surface area contributed by atoms with Crippen LogP contribution in [0.3, 0.4) is 0 Å². The summed E-state index contributed by atoms with van der Waals surface area (Å²) in [5, 5.41) is 15.7. The summed E-state index contributed by atoms with van der Waals surface area (Å²) in [6.07, 6.45) is 3.66. The van der Waals surface area contributed by atoms with Crippen LogP contribution in [0, 0.1) is 24.7 Å². The first kappa shape index (κ1) is 20.1. The number of amides is 2. The summed E-state index contributed by atoms with van der Waals surface area (Å²) in [7, 11) is 0. The summed E-state index contributed by atoms with van der Waals surface area (Å²) in [4.78, 5) is 35.4. The molecule has 3 aliphatic rings. The number of likely N-dealkylation sites (tertiary alicyclic amines) is 2. The number of nitrogens with one attached hydrogen (secondary N) is 1. The van der Waals surface area contributed by atoms with Gasteiger partial charge in [-0.1, -0.05) is 0 Å². The summed E-state index contributed by atoms with van der Waals surface area (Å²) >= 11 is 0. The average Bonchev–Trinajstić information content (AvgIpc) is 3.10. The number of tetrazole rings is 1. The Kier molecular flexibility index (Phi) is 5.20. The van der Waals surface area contributed by atoms with Crippen molar-refractivity contribution in [3.05, 3.63) is 23.7 Å². The molecule has 0 radical (unpaired) electrons. The molecular formula is C20H28N8O3. The van der Waals surface area contributed by atoms with Gasteiger partial charge in [0, 0.05) is 32.7 Å². The zero-order valence-electron chi connectivity index (χ0n) is 17.9. The Hall–Kier alpha value is -2.82. The molecule has 2 aromatic rings. The number of oxazole rings is 1. The molecule has 4 heterocycles. The molecule has 2 aromatic heterocycles. The molecule has 0 aromatic carbocycles. The predicted octanol–water partition coefficient (Wildman–Crippen LogP) is 0.261. The van der Waals surface area contributed by atoms with Crippen LogP contribution in [0.4, 0.5) is 0 Å². The lowest BCUT2D eigenvalue weighted by atomic mass is 10.0. The van der Waals surface area contributed by atoms with E-state index in [2.05, 4.69) is 30.6 Å². The van der Waals surface area contributed by atoms with Gasteiger partial charge in [-0.2, -0.15) is 4.80 Å². The van der Waals surface area contributed by atoms with Gasteiger partial charge in [0.2, 0.25) is 17.5 Å². The van der Waals surface area contributed by atoms with Gasteiger partial charge in [0.15, 0.2) is 12.4 Å². The molecule has 1 N–H and O–H groups in total. The van der Waals surface area contributed by atoms with Crippen molar-refractivity contribution in [2.24, 2.45) is 17.8 Å². The van der Waals surface area contributed by atoms with E-state index in [1.807, 2.05) is 11.8 Å². The molecule has 5 rings (SSSR count). The van der Waals surface area contributed by atoms with Crippen LogP contribution in [0.15, 0.2) is 10.8 Å². The maximum Gasteiger partial charge on any atom is 0.291 e. The van der Waals surface area contributed by atoms with Crippen LogP contribution in [-0.2, 0) is 11.3 Å². The van der Waals surface area contributed by atoms with E-state index < -0.39 is 6.04 Å². The highest BCUT2D eigenvalue weighted by atomic mass is 16.3.